The first-order chi connectivity index (χ1) is 13.6. The second-order valence-corrected chi connectivity index (χ2v) is 9.35. The van der Waals surface area contributed by atoms with E-state index in [-0.39, 0.29) is 5.54 Å². The summed E-state index contributed by atoms with van der Waals surface area (Å²) in [5.41, 5.74) is -3.49. The zero-order chi connectivity index (χ0) is 20.9. The molecule has 1 aromatic carbocycles. The number of ether oxygens (including phenoxy) is 1. The molecule has 1 spiro atoms. The van der Waals surface area contributed by atoms with Crippen LogP contribution in [0.25, 0.3) is 0 Å². The first-order valence-corrected chi connectivity index (χ1v) is 10.5. The fraction of sp³-hybridized carbons (Fsp3) is 0.421. The fourth-order valence-electron chi connectivity index (χ4n) is 3.72. The number of aromatic nitrogens is 1. The largest absolute Gasteiger partial charge is 0.501 e. The van der Waals surface area contributed by atoms with Gasteiger partial charge >= 0.3 is 5.51 Å². The molecule has 1 aliphatic carbocycles. The Hall–Kier alpha value is -2.33. The standard InChI is InChI=1S/C19H20F3N3O3S/c1-28-17-10-14(6-9-23-17)11-25-13-24(12-18(25)7-8-18)15-2-4-16(5-3-15)29(26,27)19(20,21)22/h2-6,9-10H,7-8,11-13H2,1H3. The lowest BCUT2D eigenvalue weighted by Gasteiger charge is -2.22. The smallest absolute Gasteiger partial charge is 0.481 e. The highest BCUT2D eigenvalue weighted by atomic mass is 32.2. The van der Waals surface area contributed by atoms with Crippen LogP contribution in [0.2, 0.25) is 0 Å². The molecule has 6 nitrogen and oxygen atoms in total. The van der Waals surface area contributed by atoms with Gasteiger partial charge in [0.1, 0.15) is 0 Å². The average Bonchev–Trinajstić information content (AvgIpc) is 3.38. The number of hydrogen-bond donors (Lipinski definition) is 0. The van der Waals surface area contributed by atoms with Crippen LogP contribution in [0.15, 0.2) is 47.5 Å². The first kappa shape index (κ1) is 20.0. The number of nitrogens with zero attached hydrogens (tertiary/aromatic N) is 3. The summed E-state index contributed by atoms with van der Waals surface area (Å²) in [5, 5.41) is 0. The van der Waals surface area contributed by atoms with Crippen LogP contribution in [0.1, 0.15) is 18.4 Å². The lowest BCUT2D eigenvalue weighted by Crippen LogP contribution is -2.32. The van der Waals surface area contributed by atoms with Crippen molar-refractivity contribution >= 4 is 15.5 Å². The lowest BCUT2D eigenvalue weighted by molar-refractivity contribution is -0.0436. The van der Waals surface area contributed by atoms with Crippen molar-refractivity contribution in [3.63, 3.8) is 0 Å². The highest BCUT2D eigenvalue weighted by Crippen LogP contribution is 2.48. The van der Waals surface area contributed by atoms with Gasteiger partial charge in [-0.1, -0.05) is 0 Å². The van der Waals surface area contributed by atoms with Gasteiger partial charge in [-0.2, -0.15) is 13.2 Å². The van der Waals surface area contributed by atoms with E-state index in [1.807, 2.05) is 12.1 Å². The maximum Gasteiger partial charge on any atom is 0.501 e. The molecular weight excluding hydrogens is 407 g/mol. The summed E-state index contributed by atoms with van der Waals surface area (Å²) in [6.45, 7) is 2.06. The Morgan fingerprint density at radius 1 is 1.17 bits per heavy atom. The van der Waals surface area contributed by atoms with Crippen molar-refractivity contribution in [3.8, 4) is 5.88 Å². The summed E-state index contributed by atoms with van der Waals surface area (Å²) in [6, 6.07) is 8.73. The van der Waals surface area contributed by atoms with Crippen LogP contribution in [0.5, 0.6) is 5.88 Å². The van der Waals surface area contributed by atoms with Gasteiger partial charge in [0.15, 0.2) is 0 Å². The topological polar surface area (TPSA) is 62.7 Å². The summed E-state index contributed by atoms with van der Waals surface area (Å²) >= 11 is 0. The van der Waals surface area contributed by atoms with Crippen molar-refractivity contribution in [2.75, 3.05) is 25.2 Å². The third-order valence-electron chi connectivity index (χ3n) is 5.52. The van der Waals surface area contributed by atoms with Gasteiger partial charge in [-0.05, 0) is 48.7 Å². The number of methoxy groups -OCH3 is 1. The van der Waals surface area contributed by atoms with Gasteiger partial charge in [0, 0.05) is 36.6 Å². The van der Waals surface area contributed by atoms with Crippen LogP contribution >= 0.6 is 0 Å². The molecule has 2 aromatic rings. The molecule has 10 heteroatoms. The molecule has 2 fully saturated rings. The molecule has 2 aliphatic rings. The number of sulfone groups is 1. The monoisotopic (exact) mass is 427 g/mol. The van der Waals surface area contributed by atoms with E-state index in [2.05, 4.69) is 14.8 Å². The number of pyridine rings is 1. The van der Waals surface area contributed by atoms with Gasteiger partial charge in [-0.15, -0.1) is 0 Å². The predicted molar refractivity (Wildman–Crippen MR) is 100 cm³/mol. The van der Waals surface area contributed by atoms with Crippen LogP contribution in [-0.2, 0) is 16.4 Å². The van der Waals surface area contributed by atoms with Gasteiger partial charge in [-0.25, -0.2) is 13.4 Å². The van der Waals surface area contributed by atoms with Gasteiger partial charge in [0.25, 0.3) is 9.84 Å². The molecule has 1 saturated heterocycles. The predicted octanol–water partition coefficient (Wildman–Crippen LogP) is 3.20. The van der Waals surface area contributed by atoms with Gasteiger partial charge in [0.05, 0.1) is 18.7 Å². The number of benzene rings is 1. The van der Waals surface area contributed by atoms with Crippen LogP contribution in [0, 0.1) is 0 Å². The Bertz CT molecular complexity index is 1010. The Labute approximate surface area is 166 Å². The van der Waals surface area contributed by atoms with E-state index in [1.165, 1.54) is 12.1 Å². The molecule has 29 heavy (non-hydrogen) atoms. The molecule has 0 unspecified atom stereocenters. The minimum atomic E-state index is -5.33. The van der Waals surface area contributed by atoms with Crippen LogP contribution in [0.4, 0.5) is 18.9 Å². The maximum atomic E-state index is 12.7. The molecule has 156 valence electrons. The van der Waals surface area contributed by atoms with E-state index < -0.39 is 20.2 Å². The summed E-state index contributed by atoms with van der Waals surface area (Å²) in [6.07, 6.45) is 3.79. The zero-order valence-electron chi connectivity index (χ0n) is 15.7. The minimum absolute atomic E-state index is 0.0488. The number of anilines is 1. The fourth-order valence-corrected chi connectivity index (χ4v) is 4.48. The number of halogens is 3. The van der Waals surface area contributed by atoms with Crippen molar-refractivity contribution < 1.29 is 26.3 Å². The molecular formula is C19H20F3N3O3S. The molecule has 0 radical (unpaired) electrons. The normalized spacial score (nSPS) is 19.0. The Morgan fingerprint density at radius 2 is 1.86 bits per heavy atom. The third kappa shape index (κ3) is 3.66. The highest BCUT2D eigenvalue weighted by molar-refractivity contribution is 7.92. The van der Waals surface area contributed by atoms with E-state index >= 15 is 0 Å². The molecule has 1 aliphatic heterocycles. The molecule has 0 amide bonds. The lowest BCUT2D eigenvalue weighted by atomic mass is 10.2. The second-order valence-electron chi connectivity index (χ2n) is 7.41. The van der Waals surface area contributed by atoms with Crippen LogP contribution in [0.3, 0.4) is 0 Å². The van der Waals surface area contributed by atoms with Crippen LogP contribution < -0.4 is 9.64 Å². The summed E-state index contributed by atoms with van der Waals surface area (Å²) in [5.74, 6) is 0.546. The molecule has 1 saturated carbocycles. The average molecular weight is 427 g/mol. The van der Waals surface area contributed by atoms with Gasteiger partial charge in [0.2, 0.25) is 5.88 Å². The molecule has 4 rings (SSSR count). The SMILES string of the molecule is COc1cc(CN2CN(c3ccc(S(=O)(=O)C(F)(F)F)cc3)CC23CC3)ccn1. The molecule has 1 aromatic heterocycles. The minimum Gasteiger partial charge on any atom is -0.481 e. The first-order valence-electron chi connectivity index (χ1n) is 9.05. The van der Waals surface area contributed by atoms with Crippen molar-refractivity contribution in [3.05, 3.63) is 48.2 Å². The van der Waals surface area contributed by atoms with E-state index in [4.69, 9.17) is 4.74 Å². The zero-order valence-corrected chi connectivity index (χ0v) is 16.5. The van der Waals surface area contributed by atoms with E-state index in [0.717, 1.165) is 37.1 Å². The molecule has 0 bridgehead atoms. The third-order valence-corrected chi connectivity index (χ3v) is 7.03. The number of hydrogen-bond acceptors (Lipinski definition) is 6. The van der Waals surface area contributed by atoms with Gasteiger partial charge in [-0.3, -0.25) is 4.90 Å². The van der Waals surface area contributed by atoms with Crippen molar-refractivity contribution in [1.29, 1.82) is 0 Å². The molecule has 0 N–H and O–H groups in total. The van der Waals surface area contributed by atoms with E-state index in [0.29, 0.717) is 24.8 Å². The summed E-state index contributed by atoms with van der Waals surface area (Å²) in [4.78, 5) is 7.77. The van der Waals surface area contributed by atoms with Crippen molar-refractivity contribution in [1.82, 2.24) is 9.88 Å². The molecule has 2 heterocycles. The van der Waals surface area contributed by atoms with E-state index in [9.17, 15) is 21.6 Å². The number of rotatable bonds is 5. The van der Waals surface area contributed by atoms with Crippen molar-refractivity contribution in [2.24, 2.45) is 0 Å². The summed E-state index contributed by atoms with van der Waals surface area (Å²) in [7, 11) is -3.77. The van der Waals surface area contributed by atoms with E-state index in [1.54, 1.807) is 13.3 Å². The van der Waals surface area contributed by atoms with Crippen LogP contribution in [-0.4, -0.2) is 49.7 Å². The molecule has 0 atom stereocenters. The summed E-state index contributed by atoms with van der Waals surface area (Å²) < 4.78 is 66.4. The quantitative estimate of drug-likeness (QED) is 0.730. The Morgan fingerprint density at radius 3 is 2.45 bits per heavy atom. The van der Waals surface area contributed by atoms with Crippen molar-refractivity contribution in [2.45, 2.75) is 35.3 Å². The van der Waals surface area contributed by atoms with Gasteiger partial charge < -0.3 is 9.64 Å². The highest BCUT2D eigenvalue weighted by Gasteiger charge is 2.53. The Balaban J connectivity index is 1.51. The number of alkyl halides is 3. The maximum absolute atomic E-state index is 12.7. The Kier molecular flexibility index (Phi) is 4.73. The second kappa shape index (κ2) is 6.88.